The van der Waals surface area contributed by atoms with Gasteiger partial charge in [0.25, 0.3) is 5.91 Å². The Labute approximate surface area is 145 Å². The van der Waals surface area contributed by atoms with Crippen molar-refractivity contribution in [1.82, 2.24) is 20.2 Å². The van der Waals surface area contributed by atoms with Crippen LogP contribution in [0.25, 0.3) is 5.69 Å². The lowest BCUT2D eigenvalue weighted by atomic mass is 10.3. The van der Waals surface area contributed by atoms with Crippen LogP contribution in [0.5, 0.6) is 5.75 Å². The van der Waals surface area contributed by atoms with Crippen LogP contribution < -0.4 is 10.1 Å². The molecule has 0 aliphatic heterocycles. The maximum atomic E-state index is 11.9. The topological polar surface area (TPSA) is 81.9 Å². The van der Waals surface area contributed by atoms with E-state index in [0.29, 0.717) is 5.75 Å². The average Bonchev–Trinajstić information content (AvgIpc) is 3.10. The Bertz CT molecular complexity index is 773. The van der Waals surface area contributed by atoms with Crippen LogP contribution >= 0.6 is 22.6 Å². The van der Waals surface area contributed by atoms with Crippen LogP contribution in [0.3, 0.4) is 0 Å². The standard InChI is InChI=1S/C15H12IN5O2/c16-11-1-3-12(4-2-11)18-15(22)9-23-14-7-5-13(6-8-14)21-10-17-19-20-21/h1-8,10H,9H2,(H,18,22). The van der Waals surface area contributed by atoms with E-state index < -0.39 is 0 Å². The number of ether oxygens (including phenoxy) is 1. The number of anilines is 1. The third kappa shape index (κ3) is 4.25. The van der Waals surface area contributed by atoms with Gasteiger partial charge in [0, 0.05) is 9.26 Å². The molecule has 0 saturated heterocycles. The summed E-state index contributed by atoms with van der Waals surface area (Å²) in [5.41, 5.74) is 1.55. The lowest BCUT2D eigenvalue weighted by molar-refractivity contribution is -0.118. The van der Waals surface area contributed by atoms with Crippen LogP contribution in [0.4, 0.5) is 5.69 Å². The maximum Gasteiger partial charge on any atom is 0.262 e. The summed E-state index contributed by atoms with van der Waals surface area (Å²) < 4.78 is 8.11. The van der Waals surface area contributed by atoms with Crippen LogP contribution in [-0.4, -0.2) is 32.7 Å². The monoisotopic (exact) mass is 421 g/mol. The molecule has 0 aliphatic carbocycles. The molecule has 0 bridgehead atoms. The second kappa shape index (κ2) is 7.18. The summed E-state index contributed by atoms with van der Waals surface area (Å²) in [6.45, 7) is -0.0593. The molecule has 2 aromatic carbocycles. The molecule has 7 nitrogen and oxygen atoms in total. The first-order valence-electron chi connectivity index (χ1n) is 6.72. The average molecular weight is 421 g/mol. The molecule has 116 valence electrons. The second-order valence-electron chi connectivity index (χ2n) is 4.59. The van der Waals surface area contributed by atoms with E-state index in [4.69, 9.17) is 4.74 Å². The summed E-state index contributed by atoms with van der Waals surface area (Å²) >= 11 is 2.21. The Hall–Kier alpha value is -2.49. The SMILES string of the molecule is O=C(COc1ccc(-n2cnnn2)cc1)Nc1ccc(I)cc1. The van der Waals surface area contributed by atoms with Gasteiger partial charge in [0.1, 0.15) is 12.1 Å². The summed E-state index contributed by atoms with van der Waals surface area (Å²) in [6, 6.07) is 14.7. The Kier molecular flexibility index (Phi) is 4.81. The number of aromatic nitrogens is 4. The van der Waals surface area contributed by atoms with Crippen LogP contribution in [0, 0.1) is 3.57 Å². The minimum absolute atomic E-state index is 0.0593. The second-order valence-corrected chi connectivity index (χ2v) is 5.84. The molecule has 1 N–H and O–H groups in total. The molecule has 0 atom stereocenters. The van der Waals surface area contributed by atoms with E-state index in [1.807, 2.05) is 36.4 Å². The van der Waals surface area contributed by atoms with Crippen molar-refractivity contribution in [2.75, 3.05) is 11.9 Å². The normalized spacial score (nSPS) is 10.3. The van der Waals surface area contributed by atoms with Crippen molar-refractivity contribution in [3.8, 4) is 11.4 Å². The van der Waals surface area contributed by atoms with E-state index in [9.17, 15) is 4.79 Å². The largest absolute Gasteiger partial charge is 0.484 e. The molecule has 0 spiro atoms. The molecule has 0 unspecified atom stereocenters. The Balaban J connectivity index is 1.53. The number of halogens is 1. The van der Waals surface area contributed by atoms with E-state index in [-0.39, 0.29) is 12.5 Å². The first-order valence-corrected chi connectivity index (χ1v) is 7.80. The van der Waals surface area contributed by atoms with E-state index in [2.05, 4.69) is 43.4 Å². The molecular weight excluding hydrogens is 409 g/mol. The Morgan fingerprint density at radius 3 is 2.52 bits per heavy atom. The number of carbonyl (C=O) groups excluding carboxylic acids is 1. The highest BCUT2D eigenvalue weighted by molar-refractivity contribution is 14.1. The van der Waals surface area contributed by atoms with Crippen molar-refractivity contribution in [2.24, 2.45) is 0 Å². The van der Waals surface area contributed by atoms with E-state index >= 15 is 0 Å². The summed E-state index contributed by atoms with van der Waals surface area (Å²) in [4.78, 5) is 11.9. The first-order chi connectivity index (χ1) is 11.2. The smallest absolute Gasteiger partial charge is 0.262 e. The number of tetrazole rings is 1. The minimum atomic E-state index is -0.212. The molecule has 1 amide bonds. The van der Waals surface area contributed by atoms with Gasteiger partial charge in [-0.3, -0.25) is 4.79 Å². The third-order valence-electron chi connectivity index (χ3n) is 2.95. The van der Waals surface area contributed by atoms with E-state index in [1.165, 1.54) is 11.0 Å². The molecule has 3 aromatic rings. The predicted octanol–water partition coefficient (Wildman–Crippen LogP) is 2.28. The lowest BCUT2D eigenvalue weighted by Gasteiger charge is -2.08. The van der Waals surface area contributed by atoms with Gasteiger partial charge in [0.15, 0.2) is 6.61 Å². The van der Waals surface area contributed by atoms with Crippen molar-refractivity contribution in [3.05, 3.63) is 58.4 Å². The third-order valence-corrected chi connectivity index (χ3v) is 3.67. The van der Waals surface area contributed by atoms with Crippen LogP contribution in [-0.2, 0) is 4.79 Å². The molecule has 23 heavy (non-hydrogen) atoms. The van der Waals surface area contributed by atoms with Gasteiger partial charge < -0.3 is 10.1 Å². The summed E-state index contributed by atoms with van der Waals surface area (Å²) in [5, 5.41) is 13.7. The van der Waals surface area contributed by atoms with Crippen molar-refractivity contribution in [2.45, 2.75) is 0 Å². The molecular formula is C15H12IN5O2. The van der Waals surface area contributed by atoms with Crippen molar-refractivity contribution in [1.29, 1.82) is 0 Å². The van der Waals surface area contributed by atoms with Gasteiger partial charge in [0.2, 0.25) is 0 Å². The van der Waals surface area contributed by atoms with E-state index in [1.54, 1.807) is 12.1 Å². The summed E-state index contributed by atoms with van der Waals surface area (Å²) in [6.07, 6.45) is 1.50. The number of hydrogen-bond acceptors (Lipinski definition) is 5. The molecule has 0 fully saturated rings. The molecule has 0 saturated carbocycles. The van der Waals surface area contributed by atoms with Crippen LogP contribution in [0.1, 0.15) is 0 Å². The molecule has 0 radical (unpaired) electrons. The number of benzene rings is 2. The number of amides is 1. The fraction of sp³-hybridized carbons (Fsp3) is 0.0667. The number of hydrogen-bond donors (Lipinski definition) is 1. The minimum Gasteiger partial charge on any atom is -0.484 e. The van der Waals surface area contributed by atoms with Gasteiger partial charge in [-0.2, -0.15) is 0 Å². The fourth-order valence-electron chi connectivity index (χ4n) is 1.85. The van der Waals surface area contributed by atoms with Crippen molar-refractivity contribution >= 4 is 34.2 Å². The first kappa shape index (κ1) is 15.4. The van der Waals surface area contributed by atoms with Gasteiger partial charge in [0.05, 0.1) is 5.69 Å². The highest BCUT2D eigenvalue weighted by Gasteiger charge is 2.04. The van der Waals surface area contributed by atoms with Crippen molar-refractivity contribution < 1.29 is 9.53 Å². The molecule has 3 rings (SSSR count). The van der Waals surface area contributed by atoms with Gasteiger partial charge in [-0.05, 0) is 81.5 Å². The highest BCUT2D eigenvalue weighted by atomic mass is 127. The molecule has 1 aromatic heterocycles. The summed E-state index contributed by atoms with van der Waals surface area (Å²) in [7, 11) is 0. The van der Waals surface area contributed by atoms with Gasteiger partial charge >= 0.3 is 0 Å². The zero-order valence-corrected chi connectivity index (χ0v) is 14.0. The van der Waals surface area contributed by atoms with Gasteiger partial charge in [-0.25, -0.2) is 4.68 Å². The highest BCUT2D eigenvalue weighted by Crippen LogP contribution is 2.15. The van der Waals surface area contributed by atoms with Crippen LogP contribution in [0.2, 0.25) is 0 Å². The van der Waals surface area contributed by atoms with Gasteiger partial charge in [-0.1, -0.05) is 0 Å². The lowest BCUT2D eigenvalue weighted by Crippen LogP contribution is -2.20. The maximum absolute atomic E-state index is 11.9. The Morgan fingerprint density at radius 1 is 1.13 bits per heavy atom. The fourth-order valence-corrected chi connectivity index (χ4v) is 2.21. The van der Waals surface area contributed by atoms with Gasteiger partial charge in [-0.15, -0.1) is 5.10 Å². The number of rotatable bonds is 5. The molecule has 8 heteroatoms. The quantitative estimate of drug-likeness (QED) is 0.640. The summed E-state index contributed by atoms with van der Waals surface area (Å²) in [5.74, 6) is 0.385. The zero-order chi connectivity index (χ0) is 16.1. The molecule has 0 aliphatic rings. The predicted molar refractivity (Wildman–Crippen MR) is 92.4 cm³/mol. The Morgan fingerprint density at radius 2 is 1.87 bits per heavy atom. The van der Waals surface area contributed by atoms with Crippen LogP contribution in [0.15, 0.2) is 54.9 Å². The van der Waals surface area contributed by atoms with Crippen molar-refractivity contribution in [3.63, 3.8) is 0 Å². The number of carbonyl (C=O) groups is 1. The molecule has 1 heterocycles. The van der Waals surface area contributed by atoms with E-state index in [0.717, 1.165) is 14.9 Å². The number of nitrogens with one attached hydrogen (secondary N) is 1. The number of nitrogens with zero attached hydrogens (tertiary/aromatic N) is 4. The zero-order valence-electron chi connectivity index (χ0n) is 11.9.